The smallest absolute Gasteiger partial charge is 0.321 e. The number of carbonyl (C=O) groups excluding carboxylic acids is 1. The molecule has 1 atom stereocenters. The molecule has 4 N–H and O–H groups in total. The number of carbonyl (C=O) groups is 2. The van der Waals surface area contributed by atoms with Crippen LogP contribution in [0.15, 0.2) is 23.1 Å². The average molecular weight is 357 g/mol. The van der Waals surface area contributed by atoms with E-state index in [-0.39, 0.29) is 17.7 Å². The summed E-state index contributed by atoms with van der Waals surface area (Å²) in [6.07, 6.45) is -0.460. The Morgan fingerprint density at radius 3 is 2.79 bits per heavy atom. The van der Waals surface area contributed by atoms with Gasteiger partial charge in [0.25, 0.3) is 0 Å². The van der Waals surface area contributed by atoms with E-state index in [1.807, 2.05) is 4.90 Å². The Hall–Kier alpha value is -2.33. The normalized spacial score (nSPS) is 15.3. The molecule has 0 spiro atoms. The highest BCUT2D eigenvalue weighted by Crippen LogP contribution is 2.32. The van der Waals surface area contributed by atoms with Crippen molar-refractivity contribution in [3.8, 4) is 5.75 Å². The van der Waals surface area contributed by atoms with Gasteiger partial charge in [-0.05, 0) is 24.6 Å². The number of carboxylic acid groups (broad SMARTS) is 1. The standard InChI is InChI=1S/C14H19N3O6S/c1-17-6-7-23-12-4-2-9(8-11(12)17)24(21,22)16-10(14(19)20)3-5-13(15)18/h2,4,8,10,16H,3,5-7H2,1H3,(H2,15,18)(H,19,20). The van der Waals surface area contributed by atoms with Gasteiger partial charge in [-0.1, -0.05) is 0 Å². The van der Waals surface area contributed by atoms with Crippen LogP contribution in [0.2, 0.25) is 0 Å². The molecule has 0 fully saturated rings. The molecule has 0 saturated carbocycles. The summed E-state index contributed by atoms with van der Waals surface area (Å²) in [5.41, 5.74) is 5.58. The summed E-state index contributed by atoms with van der Waals surface area (Å²) < 4.78 is 32.4. The molecule has 1 aliphatic heterocycles. The number of hydrogen-bond acceptors (Lipinski definition) is 6. The lowest BCUT2D eigenvalue weighted by molar-refractivity contribution is -0.139. The van der Waals surface area contributed by atoms with Crippen molar-refractivity contribution in [2.75, 3.05) is 25.1 Å². The van der Waals surface area contributed by atoms with Crippen LogP contribution < -0.4 is 20.1 Å². The van der Waals surface area contributed by atoms with E-state index in [4.69, 9.17) is 15.6 Å². The maximum Gasteiger partial charge on any atom is 0.321 e. The second-order valence-corrected chi connectivity index (χ2v) is 7.13. The molecule has 2 rings (SSSR count). The number of anilines is 1. The number of sulfonamides is 1. The third-order valence-electron chi connectivity index (χ3n) is 3.61. The van der Waals surface area contributed by atoms with Crippen LogP contribution in [0.25, 0.3) is 0 Å². The van der Waals surface area contributed by atoms with E-state index < -0.39 is 27.9 Å². The molecule has 24 heavy (non-hydrogen) atoms. The molecule has 1 aromatic rings. The first-order valence-electron chi connectivity index (χ1n) is 7.22. The number of benzene rings is 1. The number of hydrogen-bond donors (Lipinski definition) is 3. The lowest BCUT2D eigenvalue weighted by atomic mass is 10.2. The Labute approximate surface area is 139 Å². The van der Waals surface area contributed by atoms with Crippen LogP contribution in [0.5, 0.6) is 5.75 Å². The van der Waals surface area contributed by atoms with Gasteiger partial charge in [0.15, 0.2) is 0 Å². The van der Waals surface area contributed by atoms with Crippen LogP contribution in [0.4, 0.5) is 5.69 Å². The summed E-state index contributed by atoms with van der Waals surface area (Å²) in [4.78, 5) is 23.8. The predicted octanol–water partition coefficient (Wildman–Crippen LogP) is -0.488. The second kappa shape index (κ2) is 7.05. The summed E-state index contributed by atoms with van der Waals surface area (Å²) in [7, 11) is -2.27. The summed E-state index contributed by atoms with van der Waals surface area (Å²) in [6, 6.07) is 2.85. The van der Waals surface area contributed by atoms with Gasteiger partial charge in [0, 0.05) is 13.5 Å². The van der Waals surface area contributed by atoms with E-state index in [0.717, 1.165) is 0 Å². The maximum atomic E-state index is 12.4. The average Bonchev–Trinajstić information content (AvgIpc) is 2.51. The monoisotopic (exact) mass is 357 g/mol. The van der Waals surface area contributed by atoms with Crippen molar-refractivity contribution in [3.63, 3.8) is 0 Å². The van der Waals surface area contributed by atoms with Crippen LogP contribution in [0, 0.1) is 0 Å². The van der Waals surface area contributed by atoms with Crippen LogP contribution in [0.3, 0.4) is 0 Å². The lowest BCUT2D eigenvalue weighted by Gasteiger charge is -2.28. The SMILES string of the molecule is CN1CCOc2ccc(S(=O)(=O)NC(CCC(N)=O)C(=O)O)cc21. The summed E-state index contributed by atoms with van der Waals surface area (Å²) >= 11 is 0. The van der Waals surface area contributed by atoms with Gasteiger partial charge in [-0.3, -0.25) is 9.59 Å². The minimum absolute atomic E-state index is 0.0797. The molecule has 1 heterocycles. The van der Waals surface area contributed by atoms with Crippen molar-refractivity contribution in [3.05, 3.63) is 18.2 Å². The quantitative estimate of drug-likeness (QED) is 0.598. The van der Waals surface area contributed by atoms with Gasteiger partial charge < -0.3 is 20.5 Å². The van der Waals surface area contributed by atoms with E-state index in [1.165, 1.54) is 18.2 Å². The Morgan fingerprint density at radius 2 is 2.17 bits per heavy atom. The van der Waals surface area contributed by atoms with Crippen LogP contribution in [-0.2, 0) is 19.6 Å². The highest BCUT2D eigenvalue weighted by atomic mass is 32.2. The number of nitrogens with one attached hydrogen (secondary N) is 1. The summed E-state index contributed by atoms with van der Waals surface area (Å²) in [6.45, 7) is 1.11. The largest absolute Gasteiger partial charge is 0.490 e. The van der Waals surface area contributed by atoms with Crippen molar-refractivity contribution in [1.29, 1.82) is 0 Å². The van der Waals surface area contributed by atoms with Crippen LogP contribution in [-0.4, -0.2) is 51.6 Å². The van der Waals surface area contributed by atoms with Crippen LogP contribution >= 0.6 is 0 Å². The van der Waals surface area contributed by atoms with Crippen molar-refractivity contribution < 1.29 is 27.9 Å². The molecule has 1 unspecified atom stereocenters. The number of likely N-dealkylation sites (N-methyl/N-ethyl adjacent to an activating group) is 1. The zero-order valence-electron chi connectivity index (χ0n) is 13.1. The number of carboxylic acids is 1. The molecule has 0 bridgehead atoms. The number of rotatable bonds is 7. The summed E-state index contributed by atoms with van der Waals surface area (Å²) in [5.74, 6) is -1.52. The van der Waals surface area contributed by atoms with Gasteiger partial charge in [0.2, 0.25) is 15.9 Å². The number of fused-ring (bicyclic) bond motifs is 1. The van der Waals surface area contributed by atoms with E-state index in [1.54, 1.807) is 7.05 Å². The third kappa shape index (κ3) is 4.15. The highest BCUT2D eigenvalue weighted by Gasteiger charge is 2.27. The molecule has 9 nitrogen and oxygen atoms in total. The first-order valence-corrected chi connectivity index (χ1v) is 8.70. The van der Waals surface area contributed by atoms with Gasteiger partial charge >= 0.3 is 5.97 Å². The highest BCUT2D eigenvalue weighted by molar-refractivity contribution is 7.89. The van der Waals surface area contributed by atoms with E-state index in [9.17, 15) is 18.0 Å². The Morgan fingerprint density at radius 1 is 1.46 bits per heavy atom. The Kier molecular flexibility index (Phi) is 5.30. The van der Waals surface area contributed by atoms with E-state index in [2.05, 4.69) is 4.72 Å². The van der Waals surface area contributed by atoms with Gasteiger partial charge in [-0.15, -0.1) is 0 Å². The fraction of sp³-hybridized carbons (Fsp3) is 0.429. The van der Waals surface area contributed by atoms with Crippen molar-refractivity contribution in [1.82, 2.24) is 4.72 Å². The zero-order chi connectivity index (χ0) is 17.9. The number of nitrogens with two attached hydrogens (primary N) is 1. The Balaban J connectivity index is 2.24. The van der Waals surface area contributed by atoms with Gasteiger partial charge in [0.1, 0.15) is 18.4 Å². The first kappa shape index (κ1) is 18.0. The molecule has 132 valence electrons. The fourth-order valence-electron chi connectivity index (χ4n) is 2.27. The Bertz CT molecular complexity index is 749. The van der Waals surface area contributed by atoms with E-state index >= 15 is 0 Å². The first-order chi connectivity index (χ1) is 11.2. The molecule has 1 aliphatic rings. The topological polar surface area (TPSA) is 139 Å². The van der Waals surface area contributed by atoms with Crippen molar-refractivity contribution in [2.24, 2.45) is 5.73 Å². The molecule has 10 heteroatoms. The summed E-state index contributed by atoms with van der Waals surface area (Å²) in [5, 5.41) is 9.12. The molecular formula is C14H19N3O6S. The number of primary amides is 1. The zero-order valence-corrected chi connectivity index (χ0v) is 13.9. The molecule has 0 aromatic heterocycles. The van der Waals surface area contributed by atoms with E-state index in [0.29, 0.717) is 24.6 Å². The minimum Gasteiger partial charge on any atom is -0.490 e. The number of aliphatic carboxylic acids is 1. The second-order valence-electron chi connectivity index (χ2n) is 5.42. The predicted molar refractivity (Wildman–Crippen MR) is 85.4 cm³/mol. The van der Waals surface area contributed by atoms with Gasteiger partial charge in [0.05, 0.1) is 17.1 Å². The molecule has 1 aromatic carbocycles. The van der Waals surface area contributed by atoms with Gasteiger partial charge in [-0.2, -0.15) is 4.72 Å². The molecule has 1 amide bonds. The molecular weight excluding hydrogens is 338 g/mol. The molecule has 0 aliphatic carbocycles. The number of amides is 1. The minimum atomic E-state index is -4.07. The fourth-order valence-corrected chi connectivity index (χ4v) is 3.52. The lowest BCUT2D eigenvalue weighted by Crippen LogP contribution is -2.41. The van der Waals surface area contributed by atoms with Crippen LogP contribution in [0.1, 0.15) is 12.8 Å². The molecule has 0 saturated heterocycles. The van der Waals surface area contributed by atoms with Crippen molar-refractivity contribution in [2.45, 2.75) is 23.8 Å². The number of nitrogens with zero attached hydrogens (tertiary/aromatic N) is 1. The molecule has 0 radical (unpaired) electrons. The van der Waals surface area contributed by atoms with Gasteiger partial charge in [-0.25, -0.2) is 8.42 Å². The maximum absolute atomic E-state index is 12.4. The number of ether oxygens (including phenoxy) is 1. The van der Waals surface area contributed by atoms with Crippen molar-refractivity contribution >= 4 is 27.6 Å². The third-order valence-corrected chi connectivity index (χ3v) is 5.08.